The van der Waals surface area contributed by atoms with Gasteiger partial charge in [0, 0.05) is 38.7 Å². The van der Waals surface area contributed by atoms with Gasteiger partial charge in [0.1, 0.15) is 0 Å². The summed E-state index contributed by atoms with van der Waals surface area (Å²) in [5.74, 6) is -0.892. The Balaban J connectivity index is 1.43. The average Bonchev–Trinajstić information content (AvgIpc) is 3.31. The van der Waals surface area contributed by atoms with E-state index in [0.717, 1.165) is 32.4 Å². The highest BCUT2D eigenvalue weighted by Crippen LogP contribution is 2.32. The smallest absolute Gasteiger partial charge is 0.222 e. The number of amides is 1. The van der Waals surface area contributed by atoms with Gasteiger partial charge in [0.05, 0.1) is 17.4 Å². The first-order valence-electron chi connectivity index (χ1n) is 9.05. The van der Waals surface area contributed by atoms with Crippen molar-refractivity contribution < 1.29 is 18.1 Å². The zero-order chi connectivity index (χ0) is 18.1. The lowest BCUT2D eigenvalue weighted by molar-refractivity contribution is -0.128. The van der Waals surface area contributed by atoms with E-state index in [1.807, 2.05) is 9.80 Å². The number of nitrogens with zero attached hydrogens (tertiary/aromatic N) is 3. The molecule has 2 aromatic rings. The van der Waals surface area contributed by atoms with Gasteiger partial charge in [0.15, 0.2) is 17.4 Å². The van der Waals surface area contributed by atoms with Gasteiger partial charge in [0.25, 0.3) is 0 Å². The average molecular weight is 361 g/mol. The Labute approximate surface area is 150 Å². The van der Waals surface area contributed by atoms with E-state index in [4.69, 9.17) is 4.52 Å². The van der Waals surface area contributed by atoms with Crippen LogP contribution in [0.2, 0.25) is 0 Å². The Morgan fingerprint density at radius 3 is 2.58 bits per heavy atom. The molecule has 1 amide bonds. The van der Waals surface area contributed by atoms with Crippen LogP contribution in [0.25, 0.3) is 11.3 Å². The first kappa shape index (κ1) is 17.0. The molecule has 3 heterocycles. The Kier molecular flexibility index (Phi) is 4.61. The van der Waals surface area contributed by atoms with Gasteiger partial charge in [-0.2, -0.15) is 0 Å². The lowest BCUT2D eigenvalue weighted by Crippen LogP contribution is -2.39. The molecule has 2 fully saturated rings. The molecule has 4 rings (SSSR count). The third-order valence-corrected chi connectivity index (χ3v) is 5.37. The number of carbonyl (C=O) groups is 1. The molecule has 5 nitrogen and oxygen atoms in total. The standard InChI is InChI=1S/C19H21F2N3O2/c20-18-14(16-5-8-22-26-16)3-4-15(19(18)21)23-10-6-13(7-11-23)12-24-9-1-2-17(24)25/h3-5,8,13H,1-2,6-7,9-12H2. The van der Waals surface area contributed by atoms with Crippen molar-refractivity contribution in [1.82, 2.24) is 10.1 Å². The molecule has 0 saturated carbocycles. The summed E-state index contributed by atoms with van der Waals surface area (Å²) in [5.41, 5.74) is 0.354. The van der Waals surface area contributed by atoms with Gasteiger partial charge in [-0.15, -0.1) is 0 Å². The summed E-state index contributed by atoms with van der Waals surface area (Å²) in [6.45, 7) is 2.95. The first-order valence-corrected chi connectivity index (χ1v) is 9.05. The molecule has 7 heteroatoms. The van der Waals surface area contributed by atoms with E-state index in [0.29, 0.717) is 25.4 Å². The van der Waals surface area contributed by atoms with Crippen molar-refractivity contribution >= 4 is 11.6 Å². The highest BCUT2D eigenvalue weighted by molar-refractivity contribution is 5.78. The molecule has 2 aliphatic rings. The van der Waals surface area contributed by atoms with Crippen LogP contribution in [-0.4, -0.2) is 42.1 Å². The van der Waals surface area contributed by atoms with Crippen LogP contribution in [0.4, 0.5) is 14.5 Å². The van der Waals surface area contributed by atoms with E-state index in [1.54, 1.807) is 6.07 Å². The Bertz CT molecular complexity index is 786. The van der Waals surface area contributed by atoms with E-state index >= 15 is 0 Å². The van der Waals surface area contributed by atoms with Crippen LogP contribution in [0.5, 0.6) is 0 Å². The number of carbonyl (C=O) groups excluding carboxylic acids is 1. The minimum Gasteiger partial charge on any atom is -0.369 e. The maximum absolute atomic E-state index is 14.6. The minimum absolute atomic E-state index is 0.0752. The molecule has 0 unspecified atom stereocenters. The van der Waals surface area contributed by atoms with Gasteiger partial charge in [-0.25, -0.2) is 8.78 Å². The second-order valence-corrected chi connectivity index (χ2v) is 7.01. The molecular formula is C19H21F2N3O2. The summed E-state index contributed by atoms with van der Waals surface area (Å²) in [5, 5.41) is 3.53. The molecule has 26 heavy (non-hydrogen) atoms. The second-order valence-electron chi connectivity index (χ2n) is 7.01. The van der Waals surface area contributed by atoms with Gasteiger partial charge in [-0.3, -0.25) is 4.79 Å². The number of halogens is 2. The van der Waals surface area contributed by atoms with E-state index in [-0.39, 0.29) is 22.9 Å². The van der Waals surface area contributed by atoms with Gasteiger partial charge >= 0.3 is 0 Å². The van der Waals surface area contributed by atoms with Crippen molar-refractivity contribution in [2.45, 2.75) is 25.7 Å². The summed E-state index contributed by atoms with van der Waals surface area (Å²) in [7, 11) is 0. The first-order chi connectivity index (χ1) is 12.6. The SMILES string of the molecule is O=C1CCCN1CC1CCN(c2ccc(-c3ccno3)c(F)c2F)CC1. The lowest BCUT2D eigenvalue weighted by Gasteiger charge is -2.35. The largest absolute Gasteiger partial charge is 0.369 e. The molecule has 2 saturated heterocycles. The number of hydrogen-bond acceptors (Lipinski definition) is 4. The number of aromatic nitrogens is 1. The Hall–Kier alpha value is -2.44. The number of benzene rings is 1. The molecule has 1 aromatic heterocycles. The van der Waals surface area contributed by atoms with Crippen molar-refractivity contribution in [2.24, 2.45) is 5.92 Å². The van der Waals surface area contributed by atoms with Gasteiger partial charge in [-0.1, -0.05) is 5.16 Å². The van der Waals surface area contributed by atoms with Crippen molar-refractivity contribution in [3.05, 3.63) is 36.0 Å². The van der Waals surface area contributed by atoms with Gasteiger partial charge in [-0.05, 0) is 37.3 Å². The van der Waals surface area contributed by atoms with Crippen molar-refractivity contribution in [3.63, 3.8) is 0 Å². The normalized spacial score (nSPS) is 18.8. The number of likely N-dealkylation sites (tertiary alicyclic amines) is 1. The maximum Gasteiger partial charge on any atom is 0.222 e. The monoisotopic (exact) mass is 361 g/mol. The number of anilines is 1. The predicted molar refractivity (Wildman–Crippen MR) is 92.6 cm³/mol. The molecule has 0 N–H and O–H groups in total. The number of hydrogen-bond donors (Lipinski definition) is 0. The van der Waals surface area contributed by atoms with Crippen molar-refractivity contribution in [1.29, 1.82) is 0 Å². The molecular weight excluding hydrogens is 340 g/mol. The predicted octanol–water partition coefficient (Wildman–Crippen LogP) is 3.46. The van der Waals surface area contributed by atoms with E-state index in [1.165, 1.54) is 18.3 Å². The Morgan fingerprint density at radius 1 is 1.12 bits per heavy atom. The molecule has 1 aromatic carbocycles. The fourth-order valence-corrected chi connectivity index (χ4v) is 3.89. The molecule has 0 bridgehead atoms. The fourth-order valence-electron chi connectivity index (χ4n) is 3.89. The van der Waals surface area contributed by atoms with Crippen LogP contribution in [0.1, 0.15) is 25.7 Å². The van der Waals surface area contributed by atoms with E-state index < -0.39 is 11.6 Å². The zero-order valence-electron chi connectivity index (χ0n) is 14.5. The van der Waals surface area contributed by atoms with E-state index in [2.05, 4.69) is 5.16 Å². The third-order valence-electron chi connectivity index (χ3n) is 5.37. The lowest BCUT2D eigenvalue weighted by atomic mass is 9.95. The maximum atomic E-state index is 14.6. The molecule has 0 spiro atoms. The number of rotatable bonds is 4. The quantitative estimate of drug-likeness (QED) is 0.837. The molecule has 2 aliphatic heterocycles. The molecule has 0 radical (unpaired) electrons. The fraction of sp³-hybridized carbons (Fsp3) is 0.474. The van der Waals surface area contributed by atoms with Crippen LogP contribution < -0.4 is 4.90 Å². The zero-order valence-corrected chi connectivity index (χ0v) is 14.5. The highest BCUT2D eigenvalue weighted by atomic mass is 19.2. The second kappa shape index (κ2) is 7.05. The minimum atomic E-state index is -0.913. The van der Waals surface area contributed by atoms with Crippen molar-refractivity contribution in [3.8, 4) is 11.3 Å². The summed E-state index contributed by atoms with van der Waals surface area (Å²) in [6, 6.07) is 4.63. The summed E-state index contributed by atoms with van der Waals surface area (Å²) >= 11 is 0. The van der Waals surface area contributed by atoms with Crippen LogP contribution >= 0.6 is 0 Å². The van der Waals surface area contributed by atoms with Crippen molar-refractivity contribution in [2.75, 3.05) is 31.1 Å². The van der Waals surface area contributed by atoms with Crippen LogP contribution in [0, 0.1) is 17.6 Å². The molecule has 138 valence electrons. The Morgan fingerprint density at radius 2 is 1.92 bits per heavy atom. The summed E-state index contributed by atoms with van der Waals surface area (Å²) < 4.78 is 33.9. The molecule has 0 aliphatic carbocycles. The third kappa shape index (κ3) is 3.18. The molecule has 0 atom stereocenters. The highest BCUT2D eigenvalue weighted by Gasteiger charge is 2.28. The van der Waals surface area contributed by atoms with Crippen LogP contribution in [0.15, 0.2) is 28.9 Å². The van der Waals surface area contributed by atoms with Gasteiger partial charge in [0.2, 0.25) is 5.91 Å². The van der Waals surface area contributed by atoms with Gasteiger partial charge < -0.3 is 14.3 Å². The van der Waals surface area contributed by atoms with Crippen LogP contribution in [0.3, 0.4) is 0 Å². The summed E-state index contributed by atoms with van der Waals surface area (Å²) in [6.07, 6.45) is 4.74. The van der Waals surface area contributed by atoms with Crippen LogP contribution in [-0.2, 0) is 4.79 Å². The summed E-state index contributed by atoms with van der Waals surface area (Å²) in [4.78, 5) is 15.6. The number of piperidine rings is 1. The van der Waals surface area contributed by atoms with E-state index in [9.17, 15) is 13.6 Å². The topological polar surface area (TPSA) is 49.6 Å².